The predicted molar refractivity (Wildman–Crippen MR) is 139 cm³/mol. The fourth-order valence-corrected chi connectivity index (χ4v) is 5.22. The third kappa shape index (κ3) is 5.46. The Labute approximate surface area is 225 Å². The van der Waals surface area contributed by atoms with Crippen LogP contribution in [0.4, 0.5) is 10.5 Å². The zero-order valence-electron chi connectivity index (χ0n) is 21.2. The maximum atomic E-state index is 13.0. The van der Waals surface area contributed by atoms with Crippen LogP contribution < -0.4 is 15.4 Å². The molecular weight excluding hydrogens is 512 g/mol. The molecule has 2 N–H and O–H groups in total. The summed E-state index contributed by atoms with van der Waals surface area (Å²) < 4.78 is 11.5. The summed E-state index contributed by atoms with van der Waals surface area (Å²) in [7, 11) is 2.04. The van der Waals surface area contributed by atoms with Crippen LogP contribution in [-0.2, 0) is 27.5 Å². The highest BCUT2D eigenvalue weighted by Gasteiger charge is 2.39. The quantitative estimate of drug-likeness (QED) is 0.540. The Bertz CT molecular complexity index is 1310. The van der Waals surface area contributed by atoms with Gasteiger partial charge in [0.15, 0.2) is 0 Å². The lowest BCUT2D eigenvalue weighted by molar-refractivity contribution is -0.136. The lowest BCUT2D eigenvalue weighted by Gasteiger charge is -2.29. The molecule has 200 valence electrons. The summed E-state index contributed by atoms with van der Waals surface area (Å²) in [5, 5.41) is 5.46. The normalized spacial score (nSPS) is 21.3. The van der Waals surface area contributed by atoms with Crippen molar-refractivity contribution in [3.05, 3.63) is 57.6 Å². The van der Waals surface area contributed by atoms with Gasteiger partial charge in [-0.15, -0.1) is 0 Å². The molecule has 0 saturated carbocycles. The van der Waals surface area contributed by atoms with Crippen LogP contribution in [0.15, 0.2) is 30.3 Å². The van der Waals surface area contributed by atoms with E-state index in [1.165, 1.54) is 4.90 Å². The van der Waals surface area contributed by atoms with E-state index in [2.05, 4.69) is 15.5 Å². The van der Waals surface area contributed by atoms with Gasteiger partial charge in [-0.2, -0.15) is 0 Å². The minimum absolute atomic E-state index is 0.0534. The molecule has 3 heterocycles. The standard InChI is InChI=1S/C27H29ClN4O6/c1-15-21(28)10-18(11-23(15)38-19-7-8-31(2)13-19)29-27(36)37-14-16-3-4-17-12-32(26(35)20(17)9-16)22-5-6-24(33)30-25(22)34/h3-4,9-11,19,22H,5-8,12-14H2,1-2H3,(H,29,36)(H,30,33,34). The minimum atomic E-state index is -0.678. The third-order valence-corrected chi connectivity index (χ3v) is 7.54. The summed E-state index contributed by atoms with van der Waals surface area (Å²) >= 11 is 6.38. The topological polar surface area (TPSA) is 117 Å². The van der Waals surface area contributed by atoms with Gasteiger partial charge >= 0.3 is 6.09 Å². The number of anilines is 1. The molecule has 2 atom stereocenters. The zero-order valence-corrected chi connectivity index (χ0v) is 22.0. The van der Waals surface area contributed by atoms with Crippen molar-refractivity contribution in [1.29, 1.82) is 0 Å². The van der Waals surface area contributed by atoms with Crippen molar-refractivity contribution in [2.24, 2.45) is 0 Å². The van der Waals surface area contributed by atoms with Crippen molar-refractivity contribution in [3.8, 4) is 5.75 Å². The first-order valence-electron chi connectivity index (χ1n) is 12.5. The molecule has 0 aliphatic carbocycles. The Hall–Kier alpha value is -3.63. The maximum absolute atomic E-state index is 13.0. The van der Waals surface area contributed by atoms with Crippen LogP contribution in [0, 0.1) is 6.92 Å². The Morgan fingerprint density at radius 2 is 2.00 bits per heavy atom. The number of piperidine rings is 1. The summed E-state index contributed by atoms with van der Waals surface area (Å²) in [4.78, 5) is 52.9. The molecule has 0 bridgehead atoms. The molecule has 2 saturated heterocycles. The number of ether oxygens (including phenoxy) is 2. The van der Waals surface area contributed by atoms with Crippen molar-refractivity contribution < 1.29 is 28.7 Å². The van der Waals surface area contributed by atoms with Gasteiger partial charge in [-0.1, -0.05) is 23.7 Å². The molecule has 2 unspecified atom stereocenters. The number of likely N-dealkylation sites (tertiary alicyclic amines) is 1. The first kappa shape index (κ1) is 26.0. The number of imide groups is 1. The number of nitrogens with one attached hydrogen (secondary N) is 2. The molecule has 11 heteroatoms. The van der Waals surface area contributed by atoms with E-state index in [0.717, 1.165) is 30.6 Å². The number of hydrogen-bond donors (Lipinski definition) is 2. The molecule has 0 radical (unpaired) electrons. The molecule has 10 nitrogen and oxygen atoms in total. The largest absolute Gasteiger partial charge is 0.489 e. The van der Waals surface area contributed by atoms with Gasteiger partial charge < -0.3 is 19.3 Å². The lowest BCUT2D eigenvalue weighted by atomic mass is 10.0. The number of amides is 4. The van der Waals surface area contributed by atoms with Crippen LogP contribution in [-0.4, -0.2) is 65.9 Å². The van der Waals surface area contributed by atoms with E-state index < -0.39 is 18.0 Å². The summed E-state index contributed by atoms with van der Waals surface area (Å²) in [5.41, 5.74) is 3.13. The molecular formula is C27H29ClN4O6. The summed E-state index contributed by atoms with van der Waals surface area (Å²) in [5.74, 6) is -0.448. The number of carbonyl (C=O) groups excluding carboxylic acids is 4. The van der Waals surface area contributed by atoms with E-state index in [-0.39, 0.29) is 37.5 Å². The number of carbonyl (C=O) groups is 4. The summed E-state index contributed by atoms with van der Waals surface area (Å²) in [6, 6.07) is 7.94. The van der Waals surface area contributed by atoms with Crippen LogP contribution in [0.2, 0.25) is 5.02 Å². The Morgan fingerprint density at radius 3 is 2.74 bits per heavy atom. The summed E-state index contributed by atoms with van der Waals surface area (Å²) in [6.45, 7) is 3.89. The highest BCUT2D eigenvalue weighted by atomic mass is 35.5. The van der Waals surface area contributed by atoms with E-state index in [1.54, 1.807) is 30.3 Å². The van der Waals surface area contributed by atoms with E-state index in [4.69, 9.17) is 21.1 Å². The number of halogens is 1. The van der Waals surface area contributed by atoms with Crippen molar-refractivity contribution >= 4 is 41.1 Å². The Morgan fingerprint density at radius 1 is 1.18 bits per heavy atom. The van der Waals surface area contributed by atoms with Crippen molar-refractivity contribution in [2.75, 3.05) is 25.5 Å². The number of nitrogens with zero attached hydrogens (tertiary/aromatic N) is 2. The number of likely N-dealkylation sites (N-methyl/N-ethyl adjacent to an activating group) is 1. The lowest BCUT2D eigenvalue weighted by Crippen LogP contribution is -2.52. The van der Waals surface area contributed by atoms with Gasteiger partial charge in [0.25, 0.3) is 5.91 Å². The first-order valence-corrected chi connectivity index (χ1v) is 12.9. The fourth-order valence-electron chi connectivity index (χ4n) is 5.01. The van der Waals surface area contributed by atoms with Gasteiger partial charge in [-0.25, -0.2) is 4.79 Å². The Kier molecular flexibility index (Phi) is 7.27. The van der Waals surface area contributed by atoms with E-state index in [9.17, 15) is 19.2 Å². The number of rotatable bonds is 6. The molecule has 0 spiro atoms. The van der Waals surface area contributed by atoms with Crippen LogP contribution in [0.1, 0.15) is 46.3 Å². The third-order valence-electron chi connectivity index (χ3n) is 7.15. The van der Waals surface area contributed by atoms with E-state index in [1.807, 2.05) is 14.0 Å². The number of hydrogen-bond acceptors (Lipinski definition) is 7. The molecule has 4 amide bonds. The van der Waals surface area contributed by atoms with Gasteiger partial charge in [-0.3, -0.25) is 25.0 Å². The summed E-state index contributed by atoms with van der Waals surface area (Å²) in [6.07, 6.45) is 0.803. The van der Waals surface area contributed by atoms with Crippen LogP contribution >= 0.6 is 11.6 Å². The second kappa shape index (κ2) is 10.6. The monoisotopic (exact) mass is 540 g/mol. The molecule has 2 fully saturated rings. The van der Waals surface area contributed by atoms with Crippen molar-refractivity contribution in [2.45, 2.75) is 51.5 Å². The average molecular weight is 541 g/mol. The van der Waals surface area contributed by atoms with Gasteiger partial charge in [0.2, 0.25) is 11.8 Å². The Balaban J connectivity index is 1.19. The molecule has 3 aliphatic heterocycles. The molecule has 0 aromatic heterocycles. The second-order valence-corrected chi connectivity index (χ2v) is 10.4. The zero-order chi connectivity index (χ0) is 27.0. The molecule has 2 aromatic carbocycles. The van der Waals surface area contributed by atoms with E-state index in [0.29, 0.717) is 34.0 Å². The number of benzene rings is 2. The van der Waals surface area contributed by atoms with Gasteiger partial charge in [-0.05, 0) is 50.1 Å². The average Bonchev–Trinajstić information content (AvgIpc) is 3.43. The smallest absolute Gasteiger partial charge is 0.411 e. The number of fused-ring (bicyclic) bond motifs is 1. The van der Waals surface area contributed by atoms with Gasteiger partial charge in [0.1, 0.15) is 24.5 Å². The molecule has 3 aliphatic rings. The first-order chi connectivity index (χ1) is 18.2. The molecule has 5 rings (SSSR count). The highest BCUT2D eigenvalue weighted by molar-refractivity contribution is 6.31. The molecule has 2 aromatic rings. The van der Waals surface area contributed by atoms with Gasteiger partial charge in [0.05, 0.1) is 0 Å². The SMILES string of the molecule is Cc1c(Cl)cc(NC(=O)OCc2ccc3c(c2)C(=O)N(C2CCC(=O)NC2=O)C3)cc1OC1CCN(C)C1. The van der Waals surface area contributed by atoms with Crippen molar-refractivity contribution in [3.63, 3.8) is 0 Å². The minimum Gasteiger partial charge on any atom is -0.489 e. The fraction of sp³-hybridized carbons (Fsp3) is 0.407. The van der Waals surface area contributed by atoms with Crippen molar-refractivity contribution in [1.82, 2.24) is 15.1 Å². The highest BCUT2D eigenvalue weighted by Crippen LogP contribution is 2.32. The van der Waals surface area contributed by atoms with Crippen LogP contribution in [0.3, 0.4) is 0 Å². The molecule has 38 heavy (non-hydrogen) atoms. The van der Waals surface area contributed by atoms with Crippen LogP contribution in [0.25, 0.3) is 0 Å². The van der Waals surface area contributed by atoms with Crippen LogP contribution in [0.5, 0.6) is 5.75 Å². The van der Waals surface area contributed by atoms with E-state index >= 15 is 0 Å². The maximum Gasteiger partial charge on any atom is 0.411 e. The predicted octanol–water partition coefficient (Wildman–Crippen LogP) is 3.24. The van der Waals surface area contributed by atoms with Gasteiger partial charge in [0, 0.05) is 54.0 Å². The second-order valence-electron chi connectivity index (χ2n) is 9.96.